The molecule has 0 aliphatic carbocycles. The van der Waals surface area contributed by atoms with Crippen molar-refractivity contribution >= 4 is 0 Å². The summed E-state index contributed by atoms with van der Waals surface area (Å²) in [4.78, 5) is 0. The number of phenols is 2. The smallest absolute Gasteiger partial charge is 0.120 e. The number of rotatable bonds is 6. The molecule has 4 nitrogen and oxygen atoms in total. The summed E-state index contributed by atoms with van der Waals surface area (Å²) in [6.45, 7) is 2.73. The van der Waals surface area contributed by atoms with Crippen LogP contribution >= 0.6 is 0 Å². The van der Waals surface area contributed by atoms with Crippen LogP contribution in [0.3, 0.4) is 0 Å². The van der Waals surface area contributed by atoms with Crippen molar-refractivity contribution in [3.63, 3.8) is 0 Å². The average Bonchev–Trinajstić information content (AvgIpc) is 2.49. The molecule has 0 bridgehead atoms. The zero-order chi connectivity index (χ0) is 15.2. The van der Waals surface area contributed by atoms with Crippen molar-refractivity contribution < 1.29 is 14.9 Å². The molecule has 0 fully saturated rings. The monoisotopic (exact) mass is 287 g/mol. The largest absolute Gasteiger partial charge is 0.508 e. The summed E-state index contributed by atoms with van der Waals surface area (Å²) in [7, 11) is 1.66. The van der Waals surface area contributed by atoms with E-state index in [1.54, 1.807) is 13.2 Å². The summed E-state index contributed by atoms with van der Waals surface area (Å²) in [6.07, 6.45) is 0.862. The summed E-state index contributed by atoms with van der Waals surface area (Å²) in [5.41, 5.74) is 1.88. The molecule has 0 spiro atoms. The van der Waals surface area contributed by atoms with Gasteiger partial charge in [-0.05, 0) is 55.8 Å². The fraction of sp³-hybridized carbons (Fsp3) is 0.294. The zero-order valence-electron chi connectivity index (χ0n) is 12.3. The van der Waals surface area contributed by atoms with Crippen molar-refractivity contribution in [2.24, 2.45) is 0 Å². The molecule has 21 heavy (non-hydrogen) atoms. The molecule has 0 saturated heterocycles. The van der Waals surface area contributed by atoms with Gasteiger partial charge < -0.3 is 20.3 Å². The Kier molecular flexibility index (Phi) is 5.06. The van der Waals surface area contributed by atoms with Crippen molar-refractivity contribution in [3.8, 4) is 17.2 Å². The van der Waals surface area contributed by atoms with E-state index in [2.05, 4.69) is 11.4 Å². The molecule has 1 unspecified atom stereocenters. The Hall–Kier alpha value is -2.20. The van der Waals surface area contributed by atoms with Gasteiger partial charge in [0.25, 0.3) is 0 Å². The first kappa shape index (κ1) is 15.2. The van der Waals surface area contributed by atoms with E-state index < -0.39 is 0 Å². The molecule has 2 rings (SSSR count). The first-order valence-corrected chi connectivity index (χ1v) is 6.98. The molecular formula is C17H21NO3. The summed E-state index contributed by atoms with van der Waals surface area (Å²) in [5.74, 6) is 1.20. The topological polar surface area (TPSA) is 61.7 Å². The van der Waals surface area contributed by atoms with Crippen molar-refractivity contribution in [2.75, 3.05) is 13.7 Å². The number of nitrogens with one attached hydrogen (secondary N) is 1. The Morgan fingerprint density at radius 1 is 1.14 bits per heavy atom. The average molecular weight is 287 g/mol. The van der Waals surface area contributed by atoms with Gasteiger partial charge in [-0.15, -0.1) is 0 Å². The Labute approximate surface area is 125 Å². The predicted molar refractivity (Wildman–Crippen MR) is 82.9 cm³/mol. The Morgan fingerprint density at radius 3 is 2.71 bits per heavy atom. The molecule has 0 aromatic heterocycles. The van der Waals surface area contributed by atoms with Crippen LogP contribution in [0.4, 0.5) is 0 Å². The minimum Gasteiger partial charge on any atom is -0.508 e. The summed E-state index contributed by atoms with van der Waals surface area (Å²) in [6, 6.07) is 12.5. The molecule has 0 saturated carbocycles. The first-order valence-electron chi connectivity index (χ1n) is 6.98. The summed E-state index contributed by atoms with van der Waals surface area (Å²) in [5, 5.41) is 22.7. The first-order chi connectivity index (χ1) is 10.1. The fourth-order valence-corrected chi connectivity index (χ4v) is 2.26. The second-order valence-corrected chi connectivity index (χ2v) is 5.02. The number of hydrogen-bond donors (Lipinski definition) is 3. The lowest BCUT2D eigenvalue weighted by Crippen LogP contribution is -2.21. The van der Waals surface area contributed by atoms with Crippen molar-refractivity contribution in [3.05, 3.63) is 53.6 Å². The lowest BCUT2D eigenvalue weighted by molar-refractivity contribution is 0.414. The second kappa shape index (κ2) is 6.99. The Bertz CT molecular complexity index is 598. The van der Waals surface area contributed by atoms with Gasteiger partial charge in [-0.25, -0.2) is 0 Å². The van der Waals surface area contributed by atoms with Crippen LogP contribution < -0.4 is 10.1 Å². The third-order valence-corrected chi connectivity index (χ3v) is 3.48. The fourth-order valence-electron chi connectivity index (χ4n) is 2.26. The third kappa shape index (κ3) is 4.13. The summed E-state index contributed by atoms with van der Waals surface area (Å²) < 4.78 is 5.20. The van der Waals surface area contributed by atoms with Crippen LogP contribution in [0, 0.1) is 0 Å². The van der Waals surface area contributed by atoms with Gasteiger partial charge in [0.15, 0.2) is 0 Å². The lowest BCUT2D eigenvalue weighted by atomic mass is 10.1. The van der Waals surface area contributed by atoms with Crippen LogP contribution in [0.25, 0.3) is 0 Å². The Balaban J connectivity index is 1.92. The molecule has 0 amide bonds. The molecule has 0 aliphatic rings. The van der Waals surface area contributed by atoms with Gasteiger partial charge >= 0.3 is 0 Å². The minimum atomic E-state index is -0.0392. The normalized spacial score (nSPS) is 12.1. The molecule has 0 heterocycles. The maximum Gasteiger partial charge on any atom is 0.120 e. The Morgan fingerprint density at radius 2 is 1.95 bits per heavy atom. The standard InChI is InChI=1S/C17H21NO3/c1-12(16-11-14(19)6-7-17(16)20)18-9-8-13-4-3-5-15(10-13)21-2/h3-7,10-12,18-20H,8-9H2,1-2H3. The number of hydrogen-bond acceptors (Lipinski definition) is 4. The van der Waals surface area contributed by atoms with Crippen LogP contribution in [0.2, 0.25) is 0 Å². The number of aromatic hydroxyl groups is 2. The van der Waals surface area contributed by atoms with E-state index in [1.807, 2.05) is 25.1 Å². The number of methoxy groups -OCH3 is 1. The maximum absolute atomic E-state index is 9.82. The minimum absolute atomic E-state index is 0.0392. The molecular weight excluding hydrogens is 266 g/mol. The van der Waals surface area contributed by atoms with E-state index in [9.17, 15) is 10.2 Å². The molecule has 0 aliphatic heterocycles. The van der Waals surface area contributed by atoms with Crippen LogP contribution in [-0.2, 0) is 6.42 Å². The van der Waals surface area contributed by atoms with E-state index in [1.165, 1.54) is 17.7 Å². The van der Waals surface area contributed by atoms with Crippen molar-refractivity contribution in [1.29, 1.82) is 0 Å². The molecule has 0 radical (unpaired) electrons. The molecule has 112 valence electrons. The highest BCUT2D eigenvalue weighted by Crippen LogP contribution is 2.27. The van der Waals surface area contributed by atoms with Gasteiger partial charge in [-0.3, -0.25) is 0 Å². The van der Waals surface area contributed by atoms with Gasteiger partial charge in [0.05, 0.1) is 7.11 Å². The third-order valence-electron chi connectivity index (χ3n) is 3.48. The van der Waals surface area contributed by atoms with Gasteiger partial charge in [0.1, 0.15) is 17.2 Å². The van der Waals surface area contributed by atoms with E-state index in [-0.39, 0.29) is 17.5 Å². The SMILES string of the molecule is COc1cccc(CCNC(C)c2cc(O)ccc2O)c1. The van der Waals surface area contributed by atoms with Crippen LogP contribution in [0.1, 0.15) is 24.1 Å². The highest BCUT2D eigenvalue weighted by atomic mass is 16.5. The molecule has 4 heteroatoms. The number of ether oxygens (including phenoxy) is 1. The van der Waals surface area contributed by atoms with Crippen molar-refractivity contribution in [1.82, 2.24) is 5.32 Å². The van der Waals surface area contributed by atoms with Gasteiger partial charge in [0.2, 0.25) is 0 Å². The van der Waals surface area contributed by atoms with E-state index in [0.717, 1.165) is 18.7 Å². The lowest BCUT2D eigenvalue weighted by Gasteiger charge is -2.16. The van der Waals surface area contributed by atoms with Crippen molar-refractivity contribution in [2.45, 2.75) is 19.4 Å². The highest BCUT2D eigenvalue weighted by Gasteiger charge is 2.10. The predicted octanol–water partition coefficient (Wildman–Crippen LogP) is 3.00. The van der Waals surface area contributed by atoms with Gasteiger partial charge in [0, 0.05) is 11.6 Å². The molecule has 2 aromatic rings. The molecule has 2 aromatic carbocycles. The zero-order valence-corrected chi connectivity index (χ0v) is 12.3. The number of phenolic OH excluding ortho intramolecular Hbond substituents is 2. The van der Waals surface area contributed by atoms with Crippen LogP contribution in [0.5, 0.6) is 17.2 Å². The van der Waals surface area contributed by atoms with Crippen LogP contribution in [-0.4, -0.2) is 23.9 Å². The van der Waals surface area contributed by atoms with Crippen LogP contribution in [0.15, 0.2) is 42.5 Å². The maximum atomic E-state index is 9.82. The molecule has 3 N–H and O–H groups in total. The second-order valence-electron chi connectivity index (χ2n) is 5.02. The number of benzene rings is 2. The van der Waals surface area contributed by atoms with E-state index in [4.69, 9.17) is 4.74 Å². The van der Waals surface area contributed by atoms with Gasteiger partial charge in [-0.2, -0.15) is 0 Å². The molecule has 1 atom stereocenters. The van der Waals surface area contributed by atoms with E-state index >= 15 is 0 Å². The van der Waals surface area contributed by atoms with E-state index in [0.29, 0.717) is 5.56 Å². The highest BCUT2D eigenvalue weighted by molar-refractivity contribution is 5.40. The quantitative estimate of drug-likeness (QED) is 0.715. The summed E-state index contributed by atoms with van der Waals surface area (Å²) >= 11 is 0. The van der Waals surface area contributed by atoms with Gasteiger partial charge in [-0.1, -0.05) is 12.1 Å².